The SMILES string of the molecule is Cc1cccc(O)c1N=C1NC(=O)/C(=C\c2ccc(-c3ccc([N+](=O)[O-])cc3Cl)o2)S1. The predicted molar refractivity (Wildman–Crippen MR) is 119 cm³/mol. The van der Waals surface area contributed by atoms with Gasteiger partial charge in [-0.3, -0.25) is 14.9 Å². The average Bonchev–Trinajstić information content (AvgIpc) is 3.31. The summed E-state index contributed by atoms with van der Waals surface area (Å²) in [5, 5.41) is 24.0. The Hall–Kier alpha value is -3.56. The van der Waals surface area contributed by atoms with E-state index in [4.69, 9.17) is 16.0 Å². The molecule has 2 aromatic carbocycles. The molecule has 4 rings (SSSR count). The molecule has 2 N–H and O–H groups in total. The predicted octanol–water partition coefficient (Wildman–Crippen LogP) is 5.41. The maximum atomic E-state index is 12.3. The third kappa shape index (κ3) is 4.32. The quantitative estimate of drug-likeness (QED) is 0.308. The molecule has 1 aromatic heterocycles. The number of nitrogens with one attached hydrogen (secondary N) is 1. The molecule has 0 bridgehead atoms. The summed E-state index contributed by atoms with van der Waals surface area (Å²) in [6, 6.07) is 12.5. The number of nitro benzene ring substituents is 1. The van der Waals surface area contributed by atoms with Crippen LogP contribution in [0.4, 0.5) is 11.4 Å². The van der Waals surface area contributed by atoms with Crippen LogP contribution in [-0.2, 0) is 4.79 Å². The average molecular weight is 456 g/mol. The molecule has 3 aromatic rings. The van der Waals surface area contributed by atoms with Crippen LogP contribution in [0.15, 0.2) is 62.8 Å². The zero-order valence-corrected chi connectivity index (χ0v) is 17.5. The van der Waals surface area contributed by atoms with Crippen LogP contribution in [0.2, 0.25) is 5.02 Å². The van der Waals surface area contributed by atoms with Crippen molar-refractivity contribution in [3.63, 3.8) is 0 Å². The van der Waals surface area contributed by atoms with E-state index in [9.17, 15) is 20.0 Å². The molecule has 1 aliphatic heterocycles. The van der Waals surface area contributed by atoms with E-state index >= 15 is 0 Å². The Labute approximate surface area is 185 Å². The topological polar surface area (TPSA) is 118 Å². The van der Waals surface area contributed by atoms with Crippen LogP contribution >= 0.6 is 23.4 Å². The van der Waals surface area contributed by atoms with Crippen molar-refractivity contribution >= 4 is 51.9 Å². The van der Waals surface area contributed by atoms with Crippen LogP contribution in [0.25, 0.3) is 17.4 Å². The Morgan fingerprint density at radius 3 is 2.77 bits per heavy atom. The Morgan fingerprint density at radius 1 is 1.26 bits per heavy atom. The number of thioether (sulfide) groups is 1. The van der Waals surface area contributed by atoms with E-state index in [0.29, 0.717) is 32.8 Å². The minimum Gasteiger partial charge on any atom is -0.506 e. The Morgan fingerprint density at radius 2 is 2.06 bits per heavy atom. The lowest BCUT2D eigenvalue weighted by atomic mass is 10.1. The van der Waals surface area contributed by atoms with Crippen LogP contribution in [0, 0.1) is 17.0 Å². The van der Waals surface area contributed by atoms with Crippen molar-refractivity contribution in [3.05, 3.63) is 79.9 Å². The summed E-state index contributed by atoms with van der Waals surface area (Å²) in [6.07, 6.45) is 1.56. The Bertz CT molecular complexity index is 1260. The number of rotatable bonds is 4. The fraction of sp³-hybridized carbons (Fsp3) is 0.0476. The first kappa shape index (κ1) is 20.7. The second kappa shape index (κ2) is 8.29. The number of aryl methyl sites for hydroxylation is 1. The zero-order valence-electron chi connectivity index (χ0n) is 16.0. The van der Waals surface area contributed by atoms with Gasteiger partial charge in [-0.25, -0.2) is 4.99 Å². The fourth-order valence-corrected chi connectivity index (χ4v) is 3.97. The molecule has 156 valence electrons. The van der Waals surface area contributed by atoms with Gasteiger partial charge in [-0.15, -0.1) is 0 Å². The third-order valence-electron chi connectivity index (χ3n) is 4.41. The summed E-state index contributed by atoms with van der Waals surface area (Å²) in [5.74, 6) is 0.495. The normalized spacial score (nSPS) is 16.1. The van der Waals surface area contributed by atoms with Gasteiger partial charge in [-0.1, -0.05) is 23.7 Å². The van der Waals surface area contributed by atoms with Crippen LogP contribution in [-0.4, -0.2) is 21.1 Å². The number of aliphatic imine (C=N–C) groups is 1. The van der Waals surface area contributed by atoms with Gasteiger partial charge in [0.2, 0.25) is 0 Å². The van der Waals surface area contributed by atoms with Gasteiger partial charge in [0, 0.05) is 23.8 Å². The van der Waals surface area contributed by atoms with Crippen LogP contribution in [0.3, 0.4) is 0 Å². The van der Waals surface area contributed by atoms with Gasteiger partial charge in [-0.2, -0.15) is 0 Å². The van der Waals surface area contributed by atoms with E-state index in [-0.39, 0.29) is 22.4 Å². The number of aromatic hydroxyl groups is 1. The molecule has 2 heterocycles. The highest BCUT2D eigenvalue weighted by Crippen LogP contribution is 2.35. The monoisotopic (exact) mass is 455 g/mol. The number of carbonyl (C=O) groups excluding carboxylic acids is 1. The molecule has 8 nitrogen and oxygen atoms in total. The number of hydrogen-bond donors (Lipinski definition) is 2. The van der Waals surface area contributed by atoms with E-state index in [1.54, 1.807) is 24.3 Å². The van der Waals surface area contributed by atoms with Gasteiger partial charge in [-0.05, 0) is 48.5 Å². The number of hydrogen-bond acceptors (Lipinski definition) is 7. The number of amides is 1. The molecule has 0 aliphatic carbocycles. The summed E-state index contributed by atoms with van der Waals surface area (Å²) in [6.45, 7) is 1.81. The van der Waals surface area contributed by atoms with Gasteiger partial charge < -0.3 is 14.8 Å². The molecule has 0 radical (unpaired) electrons. The number of furan rings is 1. The summed E-state index contributed by atoms with van der Waals surface area (Å²) >= 11 is 7.27. The van der Waals surface area contributed by atoms with Crippen molar-refractivity contribution in [3.8, 4) is 17.1 Å². The number of nitrogens with zero attached hydrogens (tertiary/aromatic N) is 2. The third-order valence-corrected chi connectivity index (χ3v) is 5.63. The number of nitro groups is 1. The van der Waals surface area contributed by atoms with Crippen LogP contribution in [0.1, 0.15) is 11.3 Å². The second-order valence-electron chi connectivity index (χ2n) is 6.55. The lowest BCUT2D eigenvalue weighted by molar-refractivity contribution is -0.384. The van der Waals surface area contributed by atoms with Crippen LogP contribution in [0.5, 0.6) is 5.75 Å². The van der Waals surface area contributed by atoms with Crippen molar-refractivity contribution in [1.82, 2.24) is 5.32 Å². The van der Waals surface area contributed by atoms with E-state index in [1.165, 1.54) is 24.3 Å². The number of benzene rings is 2. The first-order valence-corrected chi connectivity index (χ1v) is 10.1. The molecule has 0 unspecified atom stereocenters. The molecule has 0 spiro atoms. The lowest BCUT2D eigenvalue weighted by Crippen LogP contribution is -2.19. The van der Waals surface area contributed by atoms with Crippen molar-refractivity contribution < 1.29 is 19.2 Å². The molecular weight excluding hydrogens is 442 g/mol. The number of amidine groups is 1. The van der Waals surface area contributed by atoms with Gasteiger partial charge >= 0.3 is 0 Å². The molecule has 1 saturated heterocycles. The maximum Gasteiger partial charge on any atom is 0.270 e. The van der Waals surface area contributed by atoms with Gasteiger partial charge in [0.25, 0.3) is 11.6 Å². The first-order chi connectivity index (χ1) is 14.8. The molecule has 1 fully saturated rings. The lowest BCUT2D eigenvalue weighted by Gasteiger charge is -2.03. The fourth-order valence-electron chi connectivity index (χ4n) is 2.89. The standard InChI is InChI=1S/C21H14ClN3O5S/c1-11-3-2-4-16(26)19(11)23-21-24-20(27)18(31-21)10-13-6-8-17(30-13)14-7-5-12(25(28)29)9-15(14)22/h2-10,26H,1H3,(H,23,24,27)/b18-10+. The maximum absolute atomic E-state index is 12.3. The van der Waals surface area contributed by atoms with Crippen molar-refractivity contribution in [2.45, 2.75) is 6.92 Å². The second-order valence-corrected chi connectivity index (χ2v) is 7.99. The smallest absolute Gasteiger partial charge is 0.270 e. The molecular formula is C21H14ClN3O5S. The summed E-state index contributed by atoms with van der Waals surface area (Å²) in [7, 11) is 0. The molecule has 1 aliphatic rings. The molecule has 0 atom stereocenters. The summed E-state index contributed by atoms with van der Waals surface area (Å²) in [5.41, 5.74) is 1.54. The number of non-ortho nitro benzene ring substituents is 1. The zero-order chi connectivity index (χ0) is 22.1. The van der Waals surface area contributed by atoms with Gasteiger partial charge in [0.05, 0.1) is 14.9 Å². The van der Waals surface area contributed by atoms with E-state index in [2.05, 4.69) is 10.3 Å². The highest BCUT2D eigenvalue weighted by Gasteiger charge is 2.25. The van der Waals surface area contributed by atoms with E-state index in [1.807, 2.05) is 13.0 Å². The van der Waals surface area contributed by atoms with Crippen LogP contribution < -0.4 is 5.32 Å². The molecule has 1 amide bonds. The van der Waals surface area contributed by atoms with Crippen molar-refractivity contribution in [2.24, 2.45) is 4.99 Å². The van der Waals surface area contributed by atoms with E-state index in [0.717, 1.165) is 17.3 Å². The number of para-hydroxylation sites is 1. The molecule has 0 saturated carbocycles. The molecule has 10 heteroatoms. The molecule has 31 heavy (non-hydrogen) atoms. The van der Waals surface area contributed by atoms with Crippen molar-refractivity contribution in [2.75, 3.05) is 0 Å². The summed E-state index contributed by atoms with van der Waals surface area (Å²) in [4.78, 5) is 27.3. The minimum atomic E-state index is -0.528. The number of phenolic OH excluding ortho intramolecular Hbond substituents is 1. The Kier molecular flexibility index (Phi) is 5.53. The minimum absolute atomic E-state index is 0.0235. The Balaban J connectivity index is 1.58. The number of carbonyl (C=O) groups is 1. The van der Waals surface area contributed by atoms with E-state index < -0.39 is 4.92 Å². The number of halogens is 1. The van der Waals surface area contributed by atoms with Gasteiger partial charge in [0.15, 0.2) is 5.17 Å². The van der Waals surface area contributed by atoms with Crippen molar-refractivity contribution in [1.29, 1.82) is 0 Å². The largest absolute Gasteiger partial charge is 0.506 e. The summed E-state index contributed by atoms with van der Waals surface area (Å²) < 4.78 is 5.75. The van der Waals surface area contributed by atoms with Gasteiger partial charge in [0.1, 0.15) is 23.0 Å². The first-order valence-electron chi connectivity index (χ1n) is 8.94. The highest BCUT2D eigenvalue weighted by atomic mass is 35.5. The number of phenols is 1. The highest BCUT2D eigenvalue weighted by molar-refractivity contribution is 8.18.